The quantitative estimate of drug-likeness (QED) is 0.330. The molecular weight excluding hydrogens is 422 g/mol. The molecule has 0 radical (unpaired) electrons. The second-order valence-corrected chi connectivity index (χ2v) is 8.50. The molecule has 0 aliphatic carbocycles. The Bertz CT molecular complexity index is 1250. The molecule has 0 aliphatic heterocycles. The molecule has 4 aromatic rings. The second-order valence-electron chi connectivity index (χ2n) is 8.50. The first-order chi connectivity index (χ1) is 15.9. The van der Waals surface area contributed by atoms with E-state index in [2.05, 4.69) is 35.9 Å². The number of nitrogens with zero attached hydrogens (tertiary/aromatic N) is 3. The predicted molar refractivity (Wildman–Crippen MR) is 124 cm³/mol. The minimum Gasteiger partial charge on any atom is -0.493 e. The van der Waals surface area contributed by atoms with Gasteiger partial charge in [0.15, 0.2) is 11.5 Å². The van der Waals surface area contributed by atoms with E-state index in [9.17, 15) is 0 Å². The van der Waals surface area contributed by atoms with Gasteiger partial charge in [-0.15, -0.1) is 0 Å². The van der Waals surface area contributed by atoms with Crippen molar-refractivity contribution in [3.63, 3.8) is 0 Å². The fraction of sp³-hybridized carbons (Fsp3) is 0.320. The van der Waals surface area contributed by atoms with E-state index in [1.165, 1.54) is 6.33 Å². The molecule has 8 nitrogen and oxygen atoms in total. The monoisotopic (exact) mass is 449 g/mol. The topological polar surface area (TPSA) is 88.7 Å². The summed E-state index contributed by atoms with van der Waals surface area (Å²) in [5, 5.41) is 4.92. The fourth-order valence-corrected chi connectivity index (χ4v) is 3.22. The third-order valence-corrected chi connectivity index (χ3v) is 5.02. The van der Waals surface area contributed by atoms with Gasteiger partial charge in [-0.05, 0) is 18.2 Å². The van der Waals surface area contributed by atoms with Gasteiger partial charge in [-0.1, -0.05) is 38.1 Å². The number of ether oxygens (including phenoxy) is 4. The van der Waals surface area contributed by atoms with E-state index in [0.29, 0.717) is 47.2 Å². The van der Waals surface area contributed by atoms with Gasteiger partial charge in [0, 0.05) is 30.2 Å². The molecular formula is C25H27N3O5. The fourth-order valence-electron chi connectivity index (χ4n) is 3.22. The molecule has 0 fully saturated rings. The summed E-state index contributed by atoms with van der Waals surface area (Å²) in [6.07, 6.45) is 1.46. The number of methoxy groups -OCH3 is 2. The molecule has 0 amide bonds. The van der Waals surface area contributed by atoms with Gasteiger partial charge in [0.1, 0.15) is 30.1 Å². The number of hydrogen-bond donors (Lipinski definition) is 0. The summed E-state index contributed by atoms with van der Waals surface area (Å²) in [5.74, 6) is 2.98. The Kier molecular flexibility index (Phi) is 6.46. The van der Waals surface area contributed by atoms with Crippen LogP contribution in [-0.4, -0.2) is 42.6 Å². The van der Waals surface area contributed by atoms with Gasteiger partial charge in [-0.3, -0.25) is 0 Å². The van der Waals surface area contributed by atoms with E-state index in [1.54, 1.807) is 20.3 Å². The lowest BCUT2D eigenvalue weighted by Crippen LogP contribution is -2.09. The van der Waals surface area contributed by atoms with Crippen molar-refractivity contribution in [3.8, 4) is 34.4 Å². The molecule has 33 heavy (non-hydrogen) atoms. The van der Waals surface area contributed by atoms with Crippen LogP contribution in [0.25, 0.3) is 22.2 Å². The normalized spacial score (nSPS) is 11.5. The van der Waals surface area contributed by atoms with Crippen LogP contribution in [0.3, 0.4) is 0 Å². The van der Waals surface area contributed by atoms with Crippen LogP contribution in [0.4, 0.5) is 0 Å². The first-order valence-corrected chi connectivity index (χ1v) is 10.6. The Morgan fingerprint density at radius 2 is 1.79 bits per heavy atom. The molecule has 0 spiro atoms. The summed E-state index contributed by atoms with van der Waals surface area (Å²) >= 11 is 0. The van der Waals surface area contributed by atoms with Gasteiger partial charge in [0.25, 0.3) is 0 Å². The SMILES string of the molecule is COCCOc1cc2c(Oc3cccc(-c4cc(C(C)(C)C)on4)c3)ncnc2cc1OC. The molecule has 2 aromatic carbocycles. The lowest BCUT2D eigenvalue weighted by Gasteiger charge is -2.13. The van der Waals surface area contributed by atoms with Gasteiger partial charge in [-0.2, -0.15) is 0 Å². The summed E-state index contributed by atoms with van der Waals surface area (Å²) in [7, 11) is 3.21. The highest BCUT2D eigenvalue weighted by molar-refractivity contribution is 5.87. The standard InChI is InChI=1S/C25H27N3O5/c1-25(2,3)23-14-19(28-33-23)16-7-6-8-17(11-16)32-24-18-12-22(31-10-9-29-4)21(30-5)13-20(18)26-15-27-24/h6-8,11-15H,9-10H2,1-5H3. The van der Waals surface area contributed by atoms with Crippen molar-refractivity contribution in [2.45, 2.75) is 26.2 Å². The first kappa shape index (κ1) is 22.5. The van der Waals surface area contributed by atoms with Crippen LogP contribution in [0.2, 0.25) is 0 Å². The van der Waals surface area contributed by atoms with Gasteiger partial charge >= 0.3 is 0 Å². The Hall–Kier alpha value is -3.65. The largest absolute Gasteiger partial charge is 0.493 e. The molecule has 0 aliphatic rings. The van der Waals surface area contributed by atoms with Crippen LogP contribution >= 0.6 is 0 Å². The van der Waals surface area contributed by atoms with Crippen molar-refractivity contribution in [1.82, 2.24) is 15.1 Å². The molecule has 0 saturated carbocycles. The lowest BCUT2D eigenvalue weighted by atomic mass is 9.93. The average molecular weight is 450 g/mol. The Morgan fingerprint density at radius 3 is 2.52 bits per heavy atom. The first-order valence-electron chi connectivity index (χ1n) is 10.6. The zero-order chi connectivity index (χ0) is 23.4. The third-order valence-electron chi connectivity index (χ3n) is 5.02. The van der Waals surface area contributed by atoms with Gasteiger partial charge in [0.05, 0.1) is 24.6 Å². The van der Waals surface area contributed by atoms with E-state index >= 15 is 0 Å². The molecule has 172 valence electrons. The van der Waals surface area contributed by atoms with Crippen molar-refractivity contribution in [1.29, 1.82) is 0 Å². The van der Waals surface area contributed by atoms with Crippen LogP contribution in [0.5, 0.6) is 23.1 Å². The van der Waals surface area contributed by atoms with Gasteiger partial charge in [0.2, 0.25) is 5.88 Å². The molecule has 2 aromatic heterocycles. The van der Waals surface area contributed by atoms with Crippen molar-refractivity contribution >= 4 is 10.9 Å². The molecule has 0 atom stereocenters. The highest BCUT2D eigenvalue weighted by Crippen LogP contribution is 2.37. The van der Waals surface area contributed by atoms with Crippen LogP contribution in [-0.2, 0) is 10.2 Å². The molecule has 0 unspecified atom stereocenters. The lowest BCUT2D eigenvalue weighted by molar-refractivity contribution is 0.144. The maximum Gasteiger partial charge on any atom is 0.230 e. The number of benzene rings is 2. The summed E-state index contributed by atoms with van der Waals surface area (Å²) < 4.78 is 28.0. The predicted octanol–water partition coefficient (Wildman–Crippen LogP) is 5.41. The highest BCUT2D eigenvalue weighted by atomic mass is 16.5. The molecule has 0 saturated heterocycles. The summed E-state index contributed by atoms with van der Waals surface area (Å²) in [4.78, 5) is 8.69. The smallest absolute Gasteiger partial charge is 0.230 e. The van der Waals surface area contributed by atoms with E-state index in [1.807, 2.05) is 36.4 Å². The Morgan fingerprint density at radius 1 is 0.939 bits per heavy atom. The van der Waals surface area contributed by atoms with Gasteiger partial charge in [-0.25, -0.2) is 9.97 Å². The second kappa shape index (κ2) is 9.46. The summed E-state index contributed by atoms with van der Waals surface area (Å²) in [6, 6.07) is 13.2. The molecule has 0 bridgehead atoms. The average Bonchev–Trinajstić information content (AvgIpc) is 3.30. The van der Waals surface area contributed by atoms with Crippen molar-refractivity contribution in [3.05, 3.63) is 54.6 Å². The molecule has 2 heterocycles. The zero-order valence-electron chi connectivity index (χ0n) is 19.4. The minimum atomic E-state index is -0.122. The number of aromatic nitrogens is 3. The molecule has 0 N–H and O–H groups in total. The number of rotatable bonds is 8. The van der Waals surface area contributed by atoms with Crippen LogP contribution in [0.15, 0.2) is 53.3 Å². The van der Waals surface area contributed by atoms with Crippen LogP contribution < -0.4 is 14.2 Å². The van der Waals surface area contributed by atoms with E-state index in [0.717, 1.165) is 17.0 Å². The minimum absolute atomic E-state index is 0.122. The van der Waals surface area contributed by atoms with E-state index in [-0.39, 0.29) is 5.41 Å². The maximum atomic E-state index is 6.15. The number of fused-ring (bicyclic) bond motifs is 1. The molecule has 8 heteroatoms. The number of hydrogen-bond acceptors (Lipinski definition) is 8. The van der Waals surface area contributed by atoms with Crippen molar-refractivity contribution < 1.29 is 23.5 Å². The Labute approximate surface area is 192 Å². The third kappa shape index (κ3) is 5.06. The van der Waals surface area contributed by atoms with Crippen molar-refractivity contribution in [2.24, 2.45) is 0 Å². The van der Waals surface area contributed by atoms with Crippen molar-refractivity contribution in [2.75, 3.05) is 27.4 Å². The molecule has 4 rings (SSSR count). The highest BCUT2D eigenvalue weighted by Gasteiger charge is 2.20. The van der Waals surface area contributed by atoms with Crippen LogP contribution in [0.1, 0.15) is 26.5 Å². The van der Waals surface area contributed by atoms with Gasteiger partial charge < -0.3 is 23.5 Å². The van der Waals surface area contributed by atoms with E-state index < -0.39 is 0 Å². The Balaban J connectivity index is 1.65. The summed E-state index contributed by atoms with van der Waals surface area (Å²) in [6.45, 7) is 7.10. The van der Waals surface area contributed by atoms with Crippen LogP contribution in [0, 0.1) is 0 Å². The van der Waals surface area contributed by atoms with E-state index in [4.69, 9.17) is 23.5 Å². The summed E-state index contributed by atoms with van der Waals surface area (Å²) in [5.41, 5.74) is 2.19. The maximum absolute atomic E-state index is 6.15. The zero-order valence-corrected chi connectivity index (χ0v) is 19.4.